The van der Waals surface area contributed by atoms with Crippen molar-refractivity contribution >= 4 is 5.97 Å². The van der Waals surface area contributed by atoms with Crippen LogP contribution in [0.3, 0.4) is 0 Å². The number of esters is 1. The maximum absolute atomic E-state index is 14.0. The fourth-order valence-corrected chi connectivity index (χ4v) is 2.45. The SMILES string of the molecule is COC(=O)c1ncnc(CC2CCCCC2)c1F. The molecule has 1 aliphatic carbocycles. The lowest BCUT2D eigenvalue weighted by Crippen LogP contribution is -2.15. The molecule has 18 heavy (non-hydrogen) atoms. The quantitative estimate of drug-likeness (QED) is 0.776. The second kappa shape index (κ2) is 5.89. The van der Waals surface area contributed by atoms with Crippen LogP contribution in [0.15, 0.2) is 6.33 Å². The lowest BCUT2D eigenvalue weighted by molar-refractivity contribution is 0.0587. The Morgan fingerprint density at radius 3 is 2.78 bits per heavy atom. The number of rotatable bonds is 3. The molecular weight excluding hydrogens is 235 g/mol. The molecule has 1 fully saturated rings. The van der Waals surface area contributed by atoms with Crippen LogP contribution < -0.4 is 0 Å². The monoisotopic (exact) mass is 252 g/mol. The highest BCUT2D eigenvalue weighted by Crippen LogP contribution is 2.27. The molecule has 0 saturated heterocycles. The van der Waals surface area contributed by atoms with Gasteiger partial charge in [-0.05, 0) is 12.3 Å². The molecular formula is C13H17FN2O2. The summed E-state index contributed by atoms with van der Waals surface area (Å²) in [5.41, 5.74) is 0.0654. The number of carbonyl (C=O) groups excluding carboxylic acids is 1. The summed E-state index contributed by atoms with van der Waals surface area (Å²) >= 11 is 0. The average molecular weight is 252 g/mol. The van der Waals surface area contributed by atoms with Gasteiger partial charge in [-0.2, -0.15) is 0 Å². The van der Waals surface area contributed by atoms with E-state index in [-0.39, 0.29) is 5.69 Å². The van der Waals surface area contributed by atoms with Gasteiger partial charge in [0.15, 0.2) is 11.5 Å². The zero-order valence-corrected chi connectivity index (χ0v) is 10.5. The van der Waals surface area contributed by atoms with Gasteiger partial charge in [0, 0.05) is 0 Å². The number of hydrogen-bond acceptors (Lipinski definition) is 4. The fourth-order valence-electron chi connectivity index (χ4n) is 2.45. The van der Waals surface area contributed by atoms with Crippen LogP contribution in [0.5, 0.6) is 0 Å². The van der Waals surface area contributed by atoms with E-state index < -0.39 is 11.8 Å². The third-order valence-corrected chi connectivity index (χ3v) is 3.45. The second-order valence-corrected chi connectivity index (χ2v) is 4.68. The Labute approximate surface area is 106 Å². The molecule has 0 unspecified atom stereocenters. The van der Waals surface area contributed by atoms with Crippen molar-refractivity contribution in [3.05, 3.63) is 23.5 Å². The van der Waals surface area contributed by atoms with Crippen LogP contribution in [0.4, 0.5) is 4.39 Å². The third kappa shape index (κ3) is 2.83. The lowest BCUT2D eigenvalue weighted by atomic mass is 9.86. The van der Waals surface area contributed by atoms with E-state index in [1.807, 2.05) is 0 Å². The van der Waals surface area contributed by atoms with Crippen LogP contribution in [-0.4, -0.2) is 23.0 Å². The summed E-state index contributed by atoms with van der Waals surface area (Å²) in [5, 5.41) is 0. The largest absolute Gasteiger partial charge is 0.464 e. The minimum atomic E-state index is -0.750. The molecule has 4 nitrogen and oxygen atoms in total. The Balaban J connectivity index is 2.15. The molecule has 0 aliphatic heterocycles. The molecule has 5 heteroatoms. The normalized spacial score (nSPS) is 16.6. The van der Waals surface area contributed by atoms with Gasteiger partial charge in [-0.25, -0.2) is 19.2 Å². The van der Waals surface area contributed by atoms with Gasteiger partial charge in [0.05, 0.1) is 12.8 Å². The third-order valence-electron chi connectivity index (χ3n) is 3.45. The second-order valence-electron chi connectivity index (χ2n) is 4.68. The van der Waals surface area contributed by atoms with Crippen LogP contribution in [0.25, 0.3) is 0 Å². The van der Waals surface area contributed by atoms with E-state index in [0.717, 1.165) is 12.8 Å². The van der Waals surface area contributed by atoms with E-state index in [4.69, 9.17) is 0 Å². The highest BCUT2D eigenvalue weighted by atomic mass is 19.1. The standard InChI is InChI=1S/C13H17FN2O2/c1-18-13(17)12-11(14)10(15-8-16-12)7-9-5-3-2-4-6-9/h8-9H,2-7H2,1H3. The molecule has 0 radical (unpaired) electrons. The molecule has 1 aromatic heterocycles. The average Bonchev–Trinajstić information content (AvgIpc) is 2.41. The Morgan fingerprint density at radius 1 is 1.39 bits per heavy atom. The van der Waals surface area contributed by atoms with Crippen molar-refractivity contribution in [1.29, 1.82) is 0 Å². The maximum Gasteiger partial charge on any atom is 0.359 e. The predicted molar refractivity (Wildman–Crippen MR) is 63.6 cm³/mol. The first-order chi connectivity index (χ1) is 8.72. The first kappa shape index (κ1) is 12.9. The molecule has 0 N–H and O–H groups in total. The van der Waals surface area contributed by atoms with Gasteiger partial charge in [0.1, 0.15) is 6.33 Å². The van der Waals surface area contributed by atoms with E-state index in [2.05, 4.69) is 14.7 Å². The molecule has 1 aromatic rings. The minimum absolute atomic E-state index is 0.265. The molecule has 1 heterocycles. The maximum atomic E-state index is 14.0. The first-order valence-electron chi connectivity index (χ1n) is 6.30. The topological polar surface area (TPSA) is 52.1 Å². The fraction of sp³-hybridized carbons (Fsp3) is 0.615. The van der Waals surface area contributed by atoms with Gasteiger partial charge in [-0.1, -0.05) is 32.1 Å². The van der Waals surface area contributed by atoms with Crippen LogP contribution in [0, 0.1) is 11.7 Å². The highest BCUT2D eigenvalue weighted by Gasteiger charge is 2.21. The lowest BCUT2D eigenvalue weighted by Gasteiger charge is -2.21. The molecule has 0 amide bonds. The number of halogens is 1. The smallest absolute Gasteiger partial charge is 0.359 e. The van der Waals surface area contributed by atoms with Gasteiger partial charge < -0.3 is 4.74 Å². The van der Waals surface area contributed by atoms with Crippen LogP contribution in [0.2, 0.25) is 0 Å². The Kier molecular flexibility index (Phi) is 4.23. The Hall–Kier alpha value is -1.52. The number of methoxy groups -OCH3 is 1. The molecule has 1 aliphatic rings. The number of ether oxygens (including phenoxy) is 1. The highest BCUT2D eigenvalue weighted by molar-refractivity contribution is 5.87. The number of nitrogens with zero attached hydrogens (tertiary/aromatic N) is 2. The first-order valence-corrected chi connectivity index (χ1v) is 6.30. The van der Waals surface area contributed by atoms with Crippen LogP contribution >= 0.6 is 0 Å². The minimum Gasteiger partial charge on any atom is -0.464 e. The number of aromatic nitrogens is 2. The predicted octanol–water partition coefficient (Wildman–Crippen LogP) is 2.53. The zero-order valence-electron chi connectivity index (χ0n) is 10.5. The Bertz CT molecular complexity index is 431. The number of carbonyl (C=O) groups is 1. The van der Waals surface area contributed by atoms with Gasteiger partial charge >= 0.3 is 5.97 Å². The van der Waals surface area contributed by atoms with Crippen molar-refractivity contribution in [2.75, 3.05) is 7.11 Å². The van der Waals surface area contributed by atoms with Gasteiger partial charge in [-0.3, -0.25) is 0 Å². The summed E-state index contributed by atoms with van der Waals surface area (Å²) in [6, 6.07) is 0. The van der Waals surface area contributed by atoms with E-state index in [1.54, 1.807) is 0 Å². The van der Waals surface area contributed by atoms with Crippen LogP contribution in [0.1, 0.15) is 48.3 Å². The van der Waals surface area contributed by atoms with Crippen LogP contribution in [-0.2, 0) is 11.2 Å². The number of hydrogen-bond donors (Lipinski definition) is 0. The van der Waals surface area contributed by atoms with E-state index >= 15 is 0 Å². The van der Waals surface area contributed by atoms with E-state index in [0.29, 0.717) is 18.0 Å². The Morgan fingerprint density at radius 2 is 2.11 bits per heavy atom. The molecule has 1 saturated carbocycles. The van der Waals surface area contributed by atoms with Crippen molar-refractivity contribution in [1.82, 2.24) is 9.97 Å². The summed E-state index contributed by atoms with van der Waals surface area (Å²) in [7, 11) is 1.21. The summed E-state index contributed by atoms with van der Waals surface area (Å²) in [6.07, 6.45) is 7.68. The summed E-state index contributed by atoms with van der Waals surface area (Å²) in [6.45, 7) is 0. The van der Waals surface area contributed by atoms with Crippen molar-refractivity contribution in [3.63, 3.8) is 0 Å². The summed E-state index contributed by atoms with van der Waals surface area (Å²) in [4.78, 5) is 18.9. The van der Waals surface area contributed by atoms with Gasteiger partial charge in [0.2, 0.25) is 0 Å². The summed E-state index contributed by atoms with van der Waals surface area (Å²) < 4.78 is 18.5. The molecule has 0 spiro atoms. The van der Waals surface area contributed by atoms with Crippen molar-refractivity contribution in [3.8, 4) is 0 Å². The van der Waals surface area contributed by atoms with Crippen molar-refractivity contribution < 1.29 is 13.9 Å². The van der Waals surface area contributed by atoms with Crippen molar-refractivity contribution in [2.45, 2.75) is 38.5 Å². The van der Waals surface area contributed by atoms with E-state index in [9.17, 15) is 9.18 Å². The molecule has 0 atom stereocenters. The van der Waals surface area contributed by atoms with Gasteiger partial charge in [0.25, 0.3) is 0 Å². The molecule has 2 rings (SSSR count). The molecule has 0 bridgehead atoms. The van der Waals surface area contributed by atoms with Gasteiger partial charge in [-0.15, -0.1) is 0 Å². The zero-order chi connectivity index (χ0) is 13.0. The summed E-state index contributed by atoms with van der Waals surface area (Å²) in [5.74, 6) is -0.914. The van der Waals surface area contributed by atoms with Crippen molar-refractivity contribution in [2.24, 2.45) is 5.92 Å². The molecule has 0 aromatic carbocycles. The molecule has 98 valence electrons. The van der Waals surface area contributed by atoms with E-state index in [1.165, 1.54) is 32.7 Å².